The molecule has 3 atom stereocenters. The first-order chi connectivity index (χ1) is 12.5. The number of rotatable bonds is 8. The van der Waals surface area contributed by atoms with Gasteiger partial charge in [0.15, 0.2) is 0 Å². The van der Waals surface area contributed by atoms with Gasteiger partial charge in [0, 0.05) is 19.0 Å². The number of morpholine rings is 1. The topological polar surface area (TPSA) is 99.1 Å². The Kier molecular flexibility index (Phi) is 7.87. The summed E-state index contributed by atoms with van der Waals surface area (Å²) in [4.78, 5) is 25.4. The Morgan fingerprint density at radius 1 is 1.35 bits per heavy atom. The number of aliphatic carboxylic acids is 1. The van der Waals surface area contributed by atoms with Crippen LogP contribution in [0.4, 0.5) is 4.79 Å². The lowest BCUT2D eigenvalue weighted by Gasteiger charge is -2.37. The van der Waals surface area contributed by atoms with Crippen molar-refractivity contribution in [2.24, 2.45) is 0 Å². The van der Waals surface area contributed by atoms with Gasteiger partial charge in [-0.2, -0.15) is 0 Å². The Labute approximate surface area is 154 Å². The van der Waals surface area contributed by atoms with Crippen LogP contribution in [-0.4, -0.2) is 65.1 Å². The van der Waals surface area contributed by atoms with E-state index in [4.69, 9.17) is 9.84 Å². The molecule has 0 aliphatic carbocycles. The zero-order valence-electron chi connectivity index (χ0n) is 15.1. The van der Waals surface area contributed by atoms with Gasteiger partial charge in [0.25, 0.3) is 0 Å². The number of amides is 2. The summed E-state index contributed by atoms with van der Waals surface area (Å²) < 4.78 is 5.43. The van der Waals surface area contributed by atoms with Gasteiger partial charge in [0.2, 0.25) is 0 Å². The number of carbonyl (C=O) groups is 2. The molecule has 1 aliphatic rings. The molecule has 26 heavy (non-hydrogen) atoms. The van der Waals surface area contributed by atoms with E-state index in [2.05, 4.69) is 5.32 Å². The summed E-state index contributed by atoms with van der Waals surface area (Å²) in [7, 11) is 0. The van der Waals surface area contributed by atoms with Crippen LogP contribution in [0.15, 0.2) is 30.3 Å². The minimum absolute atomic E-state index is 0.00199. The third kappa shape index (κ3) is 6.65. The second-order valence-electron chi connectivity index (χ2n) is 6.78. The average molecular weight is 364 g/mol. The molecule has 0 radical (unpaired) electrons. The molecule has 1 heterocycles. The summed E-state index contributed by atoms with van der Waals surface area (Å²) in [5.41, 5.74) is 1.05. The Morgan fingerprint density at radius 3 is 2.73 bits per heavy atom. The van der Waals surface area contributed by atoms with Gasteiger partial charge in [-0.3, -0.25) is 4.79 Å². The molecule has 3 N–H and O–H groups in total. The van der Waals surface area contributed by atoms with Gasteiger partial charge < -0.3 is 25.2 Å². The zero-order chi connectivity index (χ0) is 18.9. The van der Waals surface area contributed by atoms with Crippen molar-refractivity contribution >= 4 is 12.0 Å². The molecule has 0 spiro atoms. The predicted octanol–water partition coefficient (Wildman–Crippen LogP) is 1.64. The van der Waals surface area contributed by atoms with Crippen LogP contribution in [-0.2, 0) is 16.0 Å². The molecule has 1 fully saturated rings. The molecule has 2 amide bonds. The molecule has 0 aromatic heterocycles. The maximum absolute atomic E-state index is 12.8. The number of carboxylic acids is 1. The molecule has 3 unspecified atom stereocenters. The van der Waals surface area contributed by atoms with Crippen LogP contribution in [0.1, 0.15) is 31.7 Å². The number of benzene rings is 1. The van der Waals surface area contributed by atoms with Crippen LogP contribution < -0.4 is 5.32 Å². The molecule has 0 bridgehead atoms. The van der Waals surface area contributed by atoms with E-state index in [1.165, 1.54) is 0 Å². The fourth-order valence-electron chi connectivity index (χ4n) is 3.19. The van der Waals surface area contributed by atoms with Crippen LogP contribution >= 0.6 is 0 Å². The fraction of sp³-hybridized carbons (Fsp3) is 0.579. The average Bonchev–Trinajstić information content (AvgIpc) is 2.60. The second-order valence-corrected chi connectivity index (χ2v) is 6.78. The molecule has 7 heteroatoms. The number of aliphatic hydroxyl groups is 1. The number of hydrogen-bond acceptors (Lipinski definition) is 4. The molecular formula is C19H28N2O5. The number of hydrogen-bond donors (Lipinski definition) is 3. The molecule has 1 aromatic rings. The van der Waals surface area contributed by atoms with Crippen LogP contribution in [0.25, 0.3) is 0 Å². The molecule has 2 rings (SSSR count). The Bertz CT molecular complexity index is 579. The number of urea groups is 1. The highest BCUT2D eigenvalue weighted by Gasteiger charge is 2.29. The minimum atomic E-state index is -0.879. The Morgan fingerprint density at radius 2 is 2.08 bits per heavy atom. The molecule has 1 aromatic carbocycles. The summed E-state index contributed by atoms with van der Waals surface area (Å²) in [5.74, 6) is -0.879. The van der Waals surface area contributed by atoms with Crippen molar-refractivity contribution in [3.63, 3.8) is 0 Å². The van der Waals surface area contributed by atoms with Crippen molar-refractivity contribution < 1.29 is 24.5 Å². The van der Waals surface area contributed by atoms with Crippen molar-refractivity contribution in [2.45, 2.75) is 50.8 Å². The van der Waals surface area contributed by atoms with Crippen LogP contribution in [0, 0.1) is 0 Å². The predicted molar refractivity (Wildman–Crippen MR) is 96.9 cm³/mol. The second kappa shape index (κ2) is 10.1. The number of carbonyl (C=O) groups excluding carboxylic acids is 1. The van der Waals surface area contributed by atoms with E-state index in [1.807, 2.05) is 30.3 Å². The smallest absolute Gasteiger partial charge is 0.318 e. The first-order valence-corrected chi connectivity index (χ1v) is 9.04. The molecule has 7 nitrogen and oxygen atoms in total. The van der Waals surface area contributed by atoms with Crippen molar-refractivity contribution in [3.8, 4) is 0 Å². The maximum atomic E-state index is 12.8. The van der Waals surface area contributed by atoms with Gasteiger partial charge in [0.1, 0.15) is 0 Å². The number of ether oxygens (including phenoxy) is 1. The maximum Gasteiger partial charge on any atom is 0.318 e. The molecule has 1 saturated heterocycles. The monoisotopic (exact) mass is 364 g/mol. The van der Waals surface area contributed by atoms with Gasteiger partial charge in [-0.1, -0.05) is 30.3 Å². The van der Waals surface area contributed by atoms with E-state index >= 15 is 0 Å². The highest BCUT2D eigenvalue weighted by atomic mass is 16.5. The number of aliphatic hydroxyl groups excluding tert-OH is 1. The van der Waals surface area contributed by atoms with Crippen LogP contribution in [0.5, 0.6) is 0 Å². The van der Waals surface area contributed by atoms with Crippen LogP contribution in [0.2, 0.25) is 0 Å². The standard InChI is InChI=1S/C19H28N2O5/c1-14(22)11-17-13-26-10-9-21(17)19(25)20-16(7-8-18(23)24)12-15-5-3-2-4-6-15/h2-6,14,16-17,22H,7-13H2,1H3,(H,20,25)(H,23,24). The van der Waals surface area contributed by atoms with Crippen molar-refractivity contribution in [3.05, 3.63) is 35.9 Å². The fourth-order valence-corrected chi connectivity index (χ4v) is 3.19. The van der Waals surface area contributed by atoms with Crippen LogP contribution in [0.3, 0.4) is 0 Å². The summed E-state index contributed by atoms with van der Waals surface area (Å²) in [6.45, 7) is 3.01. The van der Waals surface area contributed by atoms with E-state index < -0.39 is 12.1 Å². The lowest BCUT2D eigenvalue weighted by atomic mass is 10.0. The van der Waals surface area contributed by atoms with E-state index in [0.717, 1.165) is 5.56 Å². The zero-order valence-corrected chi connectivity index (χ0v) is 15.1. The Hall–Kier alpha value is -2.12. The van der Waals surface area contributed by atoms with Gasteiger partial charge in [-0.15, -0.1) is 0 Å². The normalized spacial score (nSPS) is 19.6. The van der Waals surface area contributed by atoms with Gasteiger partial charge in [0.05, 0.1) is 25.4 Å². The molecular weight excluding hydrogens is 336 g/mol. The summed E-state index contributed by atoms with van der Waals surface area (Å²) in [5, 5.41) is 21.6. The van der Waals surface area contributed by atoms with E-state index in [0.29, 0.717) is 39.0 Å². The third-order valence-electron chi connectivity index (χ3n) is 4.46. The number of nitrogens with zero attached hydrogens (tertiary/aromatic N) is 1. The highest BCUT2D eigenvalue weighted by molar-refractivity contribution is 5.75. The first kappa shape index (κ1) is 20.2. The Balaban J connectivity index is 2.02. The molecule has 1 aliphatic heterocycles. The lowest BCUT2D eigenvalue weighted by Crippen LogP contribution is -2.55. The van der Waals surface area contributed by atoms with Gasteiger partial charge >= 0.3 is 12.0 Å². The summed E-state index contributed by atoms with van der Waals surface area (Å²) in [6.07, 6.45) is 0.861. The molecule has 144 valence electrons. The van der Waals surface area contributed by atoms with E-state index in [1.54, 1.807) is 11.8 Å². The summed E-state index contributed by atoms with van der Waals surface area (Å²) >= 11 is 0. The van der Waals surface area contributed by atoms with Crippen molar-refractivity contribution in [2.75, 3.05) is 19.8 Å². The van der Waals surface area contributed by atoms with Crippen molar-refractivity contribution in [1.29, 1.82) is 0 Å². The first-order valence-electron chi connectivity index (χ1n) is 9.04. The SMILES string of the molecule is CC(O)CC1COCCN1C(=O)NC(CCC(=O)O)Cc1ccccc1. The quantitative estimate of drug-likeness (QED) is 0.651. The van der Waals surface area contributed by atoms with Crippen molar-refractivity contribution in [1.82, 2.24) is 10.2 Å². The number of carboxylic acid groups (broad SMARTS) is 1. The number of nitrogens with one attached hydrogen (secondary N) is 1. The summed E-state index contributed by atoms with van der Waals surface area (Å²) in [6, 6.07) is 9.01. The largest absolute Gasteiger partial charge is 0.481 e. The van der Waals surface area contributed by atoms with E-state index in [9.17, 15) is 14.7 Å². The highest BCUT2D eigenvalue weighted by Crippen LogP contribution is 2.15. The lowest BCUT2D eigenvalue weighted by molar-refractivity contribution is -0.137. The third-order valence-corrected chi connectivity index (χ3v) is 4.46. The van der Waals surface area contributed by atoms with Gasteiger partial charge in [-0.05, 0) is 31.7 Å². The van der Waals surface area contributed by atoms with E-state index in [-0.39, 0.29) is 24.5 Å². The van der Waals surface area contributed by atoms with Gasteiger partial charge in [-0.25, -0.2) is 4.79 Å². The molecule has 0 saturated carbocycles. The minimum Gasteiger partial charge on any atom is -0.481 e.